The van der Waals surface area contributed by atoms with Crippen molar-refractivity contribution in [3.63, 3.8) is 0 Å². The molecule has 3 N–H and O–H groups in total. The summed E-state index contributed by atoms with van der Waals surface area (Å²) in [6, 6.07) is 24.4. The number of hydrazone groups is 1. The number of benzene rings is 4. The van der Waals surface area contributed by atoms with Crippen LogP contribution in [0.5, 0.6) is 11.5 Å². The molecular weight excluding hydrogens is 505 g/mol. The number of hydrogen-bond acceptors (Lipinski definition) is 5. The van der Waals surface area contributed by atoms with Crippen molar-refractivity contribution >= 4 is 23.7 Å². The van der Waals surface area contributed by atoms with Crippen LogP contribution in [0.25, 0.3) is 11.1 Å². The Morgan fingerprint density at radius 2 is 1.84 bits per heavy atom. The van der Waals surface area contributed by atoms with Gasteiger partial charge in [-0.25, -0.2) is 9.82 Å². The molecule has 0 aliphatic carbocycles. The zero-order valence-corrected chi connectivity index (χ0v) is 21.5. The van der Waals surface area contributed by atoms with Crippen molar-refractivity contribution in [1.29, 1.82) is 0 Å². The van der Waals surface area contributed by atoms with E-state index in [9.17, 15) is 14.3 Å². The molecule has 6 nitrogen and oxygen atoms in total. The van der Waals surface area contributed by atoms with Crippen molar-refractivity contribution in [2.45, 2.75) is 13.5 Å². The summed E-state index contributed by atoms with van der Waals surface area (Å²) >= 11 is 5.89. The first-order valence-electron chi connectivity index (χ1n) is 12.0. The Hall–Kier alpha value is -4.20. The smallest absolute Gasteiger partial charge is 0.271 e. The van der Waals surface area contributed by atoms with Gasteiger partial charge in [0, 0.05) is 27.1 Å². The molecule has 0 aromatic heterocycles. The molecule has 38 heavy (non-hydrogen) atoms. The highest BCUT2D eigenvalue weighted by Crippen LogP contribution is 2.34. The van der Waals surface area contributed by atoms with Crippen LogP contribution in [0.1, 0.15) is 29.9 Å². The van der Waals surface area contributed by atoms with Crippen molar-refractivity contribution in [3.05, 3.63) is 118 Å². The number of nitrogens with one attached hydrogen (secondary N) is 2. The zero-order chi connectivity index (χ0) is 26.9. The summed E-state index contributed by atoms with van der Waals surface area (Å²) < 4.78 is 19.3. The van der Waals surface area contributed by atoms with Crippen LogP contribution in [0.15, 0.2) is 90.0 Å². The molecule has 0 atom stereocenters. The number of carbonyl (C=O) groups is 1. The van der Waals surface area contributed by atoms with Gasteiger partial charge in [0.05, 0.1) is 11.2 Å². The fourth-order valence-corrected chi connectivity index (χ4v) is 4.02. The lowest BCUT2D eigenvalue weighted by Gasteiger charge is -2.16. The number of halogens is 2. The normalized spacial score (nSPS) is 11.0. The minimum Gasteiger partial charge on any atom is -0.506 e. The van der Waals surface area contributed by atoms with Gasteiger partial charge in [-0.2, -0.15) is 5.10 Å². The Morgan fingerprint density at radius 3 is 2.58 bits per heavy atom. The van der Waals surface area contributed by atoms with Gasteiger partial charge >= 0.3 is 0 Å². The molecule has 1 amide bonds. The number of ether oxygens (including phenoxy) is 1. The van der Waals surface area contributed by atoms with E-state index >= 15 is 0 Å². The largest absolute Gasteiger partial charge is 0.506 e. The summed E-state index contributed by atoms with van der Waals surface area (Å²) in [4.78, 5) is 12.4. The van der Waals surface area contributed by atoms with Gasteiger partial charge in [0.2, 0.25) is 0 Å². The van der Waals surface area contributed by atoms with Crippen LogP contribution < -0.4 is 15.5 Å². The highest BCUT2D eigenvalue weighted by atomic mass is 35.5. The number of amides is 1. The molecule has 0 fully saturated rings. The summed E-state index contributed by atoms with van der Waals surface area (Å²) in [6.07, 6.45) is 1.56. The molecule has 4 rings (SSSR count). The second kappa shape index (κ2) is 12.9. The molecular formula is C30H31ClFN3O3. The monoisotopic (exact) mass is 535 g/mol. The molecule has 4 aromatic carbocycles. The zero-order valence-electron chi connectivity index (χ0n) is 20.7. The topological polar surface area (TPSA) is 83.0 Å². The van der Waals surface area contributed by atoms with Gasteiger partial charge in [-0.1, -0.05) is 54.1 Å². The molecule has 8 heteroatoms. The van der Waals surface area contributed by atoms with Crippen LogP contribution >= 0.6 is 11.6 Å². The molecule has 0 radical (unpaired) electrons. The van der Waals surface area contributed by atoms with Gasteiger partial charge in [0.1, 0.15) is 23.9 Å². The van der Waals surface area contributed by atoms with Crippen LogP contribution in [0, 0.1) is 12.7 Å². The van der Waals surface area contributed by atoms with E-state index in [2.05, 4.69) is 15.8 Å². The van der Waals surface area contributed by atoms with Gasteiger partial charge in [-0.15, -0.1) is 0 Å². The molecule has 0 bridgehead atoms. The lowest BCUT2D eigenvalue weighted by molar-refractivity contribution is 0.0955. The highest BCUT2D eigenvalue weighted by Gasteiger charge is 2.12. The molecule has 4 aromatic rings. The molecule has 198 valence electrons. The van der Waals surface area contributed by atoms with Gasteiger partial charge in [0.15, 0.2) is 0 Å². The Kier molecular flexibility index (Phi) is 9.08. The van der Waals surface area contributed by atoms with E-state index in [4.69, 9.17) is 16.3 Å². The molecule has 0 spiro atoms. The van der Waals surface area contributed by atoms with Crippen LogP contribution in [0.4, 0.5) is 4.39 Å². The summed E-state index contributed by atoms with van der Waals surface area (Å²) in [6.45, 7) is 3.63. The van der Waals surface area contributed by atoms with E-state index < -0.39 is 5.91 Å². The van der Waals surface area contributed by atoms with Crippen LogP contribution in [0.3, 0.4) is 0 Å². The number of aryl methyl sites for hydroxylation is 1. The van der Waals surface area contributed by atoms with E-state index in [0.29, 0.717) is 19.7 Å². The molecule has 0 aliphatic heterocycles. The Morgan fingerprint density at radius 1 is 1.08 bits per heavy atom. The maximum atomic E-state index is 13.1. The third kappa shape index (κ3) is 7.18. The maximum Gasteiger partial charge on any atom is 0.271 e. The number of rotatable bonds is 10. The quantitative estimate of drug-likeness (QED) is 0.122. The van der Waals surface area contributed by atoms with Gasteiger partial charge in [-0.05, 0) is 71.6 Å². The predicted octanol–water partition coefficient (Wildman–Crippen LogP) is 6.58. The van der Waals surface area contributed by atoms with Gasteiger partial charge in [0.25, 0.3) is 5.91 Å². The summed E-state index contributed by atoms with van der Waals surface area (Å²) in [5, 5.41) is 17.0. The lowest BCUT2D eigenvalue weighted by Crippen LogP contribution is -2.21. The van der Waals surface area contributed by atoms with Gasteiger partial charge < -0.3 is 15.2 Å². The van der Waals surface area contributed by atoms with E-state index in [1.54, 1.807) is 18.3 Å². The SMILES string of the molecule is Cc1cc(/C=N/NC(=O)c2ccc(O)c(Cl)c2)cc(-c2ccccc2)c1OCCNCc1ccc(F)cc1.[HH].[HH]. The molecule has 0 aliphatic rings. The standard InChI is InChI=1S/C30H27ClFN3O3.2H2/c1-20-15-22(19-34-35-30(37)24-9-12-28(36)27(31)17-24)16-26(23-5-3-2-4-6-23)29(20)38-14-13-33-18-21-7-10-25(32)11-8-21;;/h2-12,15-17,19,33,36H,13-14,18H2,1H3,(H,35,37);2*1H/b34-19+;;. The minimum atomic E-state index is -0.448. The van der Waals surface area contributed by atoms with Crippen molar-refractivity contribution in [2.24, 2.45) is 5.10 Å². The fraction of sp³-hybridized carbons (Fsp3) is 0.133. The van der Waals surface area contributed by atoms with E-state index in [0.717, 1.165) is 33.6 Å². The van der Waals surface area contributed by atoms with Gasteiger partial charge in [-0.3, -0.25) is 4.79 Å². The summed E-state index contributed by atoms with van der Waals surface area (Å²) in [5.41, 5.74) is 7.36. The first kappa shape index (κ1) is 26.9. The van der Waals surface area contributed by atoms with Crippen molar-refractivity contribution in [2.75, 3.05) is 13.2 Å². The third-order valence-corrected chi connectivity index (χ3v) is 6.04. The summed E-state index contributed by atoms with van der Waals surface area (Å²) in [5.74, 6) is -0.0309. The van der Waals surface area contributed by atoms with E-state index in [-0.39, 0.29) is 25.0 Å². The molecule has 0 saturated heterocycles. The number of phenols is 1. The first-order chi connectivity index (χ1) is 18.4. The van der Waals surface area contributed by atoms with E-state index in [1.165, 1.54) is 30.3 Å². The number of phenolic OH excluding ortho intramolecular Hbond substituents is 1. The number of nitrogens with zero attached hydrogens (tertiary/aromatic N) is 1. The second-order valence-corrected chi connectivity index (χ2v) is 9.00. The number of carbonyl (C=O) groups excluding carboxylic acids is 1. The van der Waals surface area contributed by atoms with Crippen LogP contribution in [-0.2, 0) is 6.54 Å². The summed E-state index contributed by atoms with van der Waals surface area (Å²) in [7, 11) is 0. The number of hydrogen-bond donors (Lipinski definition) is 3. The van der Waals surface area contributed by atoms with Crippen molar-refractivity contribution < 1.29 is 21.9 Å². The second-order valence-electron chi connectivity index (χ2n) is 8.60. The lowest BCUT2D eigenvalue weighted by atomic mass is 9.99. The Bertz CT molecular complexity index is 1440. The fourth-order valence-electron chi connectivity index (χ4n) is 3.84. The molecule has 0 saturated carbocycles. The Balaban J connectivity index is 0.00000280. The molecule has 0 unspecified atom stereocenters. The predicted molar refractivity (Wildman–Crippen MR) is 153 cm³/mol. The highest BCUT2D eigenvalue weighted by molar-refractivity contribution is 6.32. The average Bonchev–Trinajstić information content (AvgIpc) is 2.92. The van der Waals surface area contributed by atoms with Crippen LogP contribution in [-0.4, -0.2) is 30.4 Å². The minimum absolute atomic E-state index is 0. The number of aromatic hydroxyl groups is 1. The van der Waals surface area contributed by atoms with Crippen molar-refractivity contribution in [1.82, 2.24) is 10.7 Å². The first-order valence-corrected chi connectivity index (χ1v) is 12.4. The van der Waals surface area contributed by atoms with E-state index in [1.807, 2.05) is 49.4 Å². The Labute approximate surface area is 228 Å². The average molecular weight is 536 g/mol. The molecule has 0 heterocycles. The maximum absolute atomic E-state index is 13.1. The van der Waals surface area contributed by atoms with Crippen molar-refractivity contribution in [3.8, 4) is 22.6 Å². The third-order valence-electron chi connectivity index (χ3n) is 5.74. The van der Waals surface area contributed by atoms with Crippen LogP contribution in [0.2, 0.25) is 5.02 Å².